The molecule has 6 rings (SSSR count). The van der Waals surface area contributed by atoms with E-state index in [-0.39, 0.29) is 0 Å². The first-order valence-electron chi connectivity index (χ1n) is 12.4. The summed E-state index contributed by atoms with van der Waals surface area (Å²) in [7, 11) is 1.69. The van der Waals surface area contributed by atoms with Crippen LogP contribution in [0, 0.1) is 20.8 Å². The summed E-state index contributed by atoms with van der Waals surface area (Å²) in [6, 6.07) is 16.7. The maximum Gasteiger partial charge on any atom is 0.142 e. The zero-order valence-electron chi connectivity index (χ0n) is 21.6. The smallest absolute Gasteiger partial charge is 0.142 e. The first kappa shape index (κ1) is 23.0. The Bertz CT molecular complexity index is 1780. The highest BCUT2D eigenvalue weighted by Gasteiger charge is 2.21. The fourth-order valence-electron chi connectivity index (χ4n) is 5.33. The van der Waals surface area contributed by atoms with Crippen LogP contribution in [-0.2, 0) is 6.42 Å². The van der Waals surface area contributed by atoms with E-state index >= 15 is 0 Å². The van der Waals surface area contributed by atoms with Gasteiger partial charge in [-0.2, -0.15) is 0 Å². The molecule has 0 saturated heterocycles. The van der Waals surface area contributed by atoms with Crippen LogP contribution < -0.4 is 9.47 Å². The first-order chi connectivity index (χ1) is 18.0. The van der Waals surface area contributed by atoms with Gasteiger partial charge in [-0.25, -0.2) is 9.97 Å². The first-order valence-corrected chi connectivity index (χ1v) is 12.4. The van der Waals surface area contributed by atoms with E-state index in [1.807, 2.05) is 33.8 Å². The van der Waals surface area contributed by atoms with Crippen LogP contribution >= 0.6 is 0 Å². The maximum absolute atomic E-state index is 5.89. The minimum atomic E-state index is 0.627. The van der Waals surface area contributed by atoms with Gasteiger partial charge in [0.05, 0.1) is 30.7 Å². The summed E-state index contributed by atoms with van der Waals surface area (Å²) in [5.41, 5.74) is 6.63. The highest BCUT2D eigenvalue weighted by Crippen LogP contribution is 2.40. The molecule has 0 aliphatic rings. The third-order valence-electron chi connectivity index (χ3n) is 6.89. The molecular formula is C30H28N4O3. The molecule has 0 aliphatic heterocycles. The number of ether oxygens (including phenoxy) is 2. The number of aromatic nitrogens is 4. The Morgan fingerprint density at radius 1 is 0.919 bits per heavy atom. The number of hydrogen-bond donors (Lipinski definition) is 1. The number of benzene rings is 3. The van der Waals surface area contributed by atoms with E-state index in [2.05, 4.69) is 52.6 Å². The fraction of sp³-hybridized carbons (Fsp3) is 0.233. The molecule has 3 aromatic heterocycles. The van der Waals surface area contributed by atoms with E-state index in [0.29, 0.717) is 13.0 Å². The Balaban J connectivity index is 1.56. The van der Waals surface area contributed by atoms with Crippen molar-refractivity contribution in [3.8, 4) is 22.6 Å². The van der Waals surface area contributed by atoms with Crippen molar-refractivity contribution in [3.05, 3.63) is 77.1 Å². The summed E-state index contributed by atoms with van der Waals surface area (Å²) in [4.78, 5) is 13.2. The van der Waals surface area contributed by atoms with Crippen molar-refractivity contribution in [1.29, 1.82) is 0 Å². The van der Waals surface area contributed by atoms with Crippen LogP contribution in [0.25, 0.3) is 43.8 Å². The number of H-pyrrole nitrogens is 1. The lowest BCUT2D eigenvalue weighted by molar-refractivity contribution is 0.344. The molecular weight excluding hydrogens is 464 g/mol. The molecule has 0 bridgehead atoms. The van der Waals surface area contributed by atoms with Crippen LogP contribution in [0.15, 0.2) is 53.1 Å². The standard InChI is InChI=1S/C30H28N4O3/c1-6-36-26-12-11-19(20-9-7-8-10-21(20)26)13-25-29-22-15-27(35-5)23(28-16(2)34-37-17(28)3)14-24(22)33-30(29)32-18(4)31-25/h7-12,14-15H,6,13H2,1-5H3,(H,31,32,33). The van der Waals surface area contributed by atoms with Gasteiger partial charge in [-0.15, -0.1) is 0 Å². The lowest BCUT2D eigenvalue weighted by Crippen LogP contribution is -2.00. The summed E-state index contributed by atoms with van der Waals surface area (Å²) in [6.07, 6.45) is 0.660. The third kappa shape index (κ3) is 3.78. The van der Waals surface area contributed by atoms with Crippen LogP contribution in [0.4, 0.5) is 0 Å². The van der Waals surface area contributed by atoms with Gasteiger partial charge in [-0.3, -0.25) is 0 Å². The molecule has 37 heavy (non-hydrogen) atoms. The Kier molecular flexibility index (Phi) is 5.56. The molecule has 0 aliphatic carbocycles. The Labute approximate surface area is 214 Å². The summed E-state index contributed by atoms with van der Waals surface area (Å²) in [6.45, 7) is 8.42. The molecule has 0 spiro atoms. The average molecular weight is 493 g/mol. The van der Waals surface area contributed by atoms with E-state index < -0.39 is 0 Å². The average Bonchev–Trinajstić information content (AvgIpc) is 3.42. The molecule has 0 radical (unpaired) electrons. The van der Waals surface area contributed by atoms with Crippen LogP contribution in [0.5, 0.6) is 11.5 Å². The highest BCUT2D eigenvalue weighted by atomic mass is 16.5. The second kappa shape index (κ2) is 8.92. The van der Waals surface area contributed by atoms with Gasteiger partial charge in [-0.05, 0) is 56.8 Å². The number of rotatable bonds is 6. The zero-order chi connectivity index (χ0) is 25.7. The van der Waals surface area contributed by atoms with Crippen LogP contribution in [-0.4, -0.2) is 33.8 Å². The molecule has 0 unspecified atom stereocenters. The molecule has 3 aromatic carbocycles. The van der Waals surface area contributed by atoms with Crippen molar-refractivity contribution in [2.45, 2.75) is 34.1 Å². The summed E-state index contributed by atoms with van der Waals surface area (Å²) in [5.74, 6) is 3.13. The lowest BCUT2D eigenvalue weighted by atomic mass is 9.97. The van der Waals surface area contributed by atoms with Crippen LogP contribution in [0.1, 0.15) is 35.5 Å². The largest absolute Gasteiger partial charge is 0.496 e. The molecule has 186 valence electrons. The van der Waals surface area contributed by atoms with Gasteiger partial charge in [0, 0.05) is 33.7 Å². The minimum absolute atomic E-state index is 0.627. The van der Waals surface area contributed by atoms with E-state index in [4.69, 9.17) is 24.0 Å². The highest BCUT2D eigenvalue weighted by molar-refractivity contribution is 6.09. The number of aryl methyl sites for hydroxylation is 3. The van der Waals surface area contributed by atoms with Crippen molar-refractivity contribution < 1.29 is 14.0 Å². The van der Waals surface area contributed by atoms with Gasteiger partial charge >= 0.3 is 0 Å². The molecule has 6 aromatic rings. The van der Waals surface area contributed by atoms with Crippen LogP contribution in [0.3, 0.4) is 0 Å². The predicted molar refractivity (Wildman–Crippen MR) is 146 cm³/mol. The van der Waals surface area contributed by atoms with Gasteiger partial charge in [0.1, 0.15) is 28.7 Å². The van der Waals surface area contributed by atoms with Gasteiger partial charge in [0.2, 0.25) is 0 Å². The lowest BCUT2D eigenvalue weighted by Gasteiger charge is -2.12. The monoisotopic (exact) mass is 492 g/mol. The molecule has 0 saturated carbocycles. The Hall–Kier alpha value is -4.39. The third-order valence-corrected chi connectivity index (χ3v) is 6.89. The minimum Gasteiger partial charge on any atom is -0.496 e. The fourth-order valence-corrected chi connectivity index (χ4v) is 5.33. The van der Waals surface area contributed by atoms with Gasteiger partial charge in [0.25, 0.3) is 0 Å². The summed E-state index contributed by atoms with van der Waals surface area (Å²) in [5, 5.41) is 8.42. The second-order valence-corrected chi connectivity index (χ2v) is 9.24. The molecule has 7 nitrogen and oxygen atoms in total. The number of nitrogens with one attached hydrogen (secondary N) is 1. The van der Waals surface area contributed by atoms with Crippen molar-refractivity contribution >= 4 is 32.7 Å². The van der Waals surface area contributed by atoms with Crippen molar-refractivity contribution in [2.75, 3.05) is 13.7 Å². The number of aromatic amines is 1. The zero-order valence-corrected chi connectivity index (χ0v) is 21.6. The van der Waals surface area contributed by atoms with E-state index in [0.717, 1.165) is 78.3 Å². The maximum atomic E-state index is 5.89. The molecule has 7 heteroatoms. The normalized spacial score (nSPS) is 11.6. The topological polar surface area (TPSA) is 86.1 Å². The Morgan fingerprint density at radius 2 is 1.73 bits per heavy atom. The molecule has 0 amide bonds. The number of fused-ring (bicyclic) bond motifs is 4. The van der Waals surface area contributed by atoms with Gasteiger partial charge in [0.15, 0.2) is 0 Å². The van der Waals surface area contributed by atoms with Gasteiger partial charge < -0.3 is 19.0 Å². The summed E-state index contributed by atoms with van der Waals surface area (Å²) >= 11 is 0. The van der Waals surface area contributed by atoms with Crippen molar-refractivity contribution in [3.63, 3.8) is 0 Å². The number of methoxy groups -OCH3 is 1. The quantitative estimate of drug-likeness (QED) is 0.274. The van der Waals surface area contributed by atoms with Crippen molar-refractivity contribution in [2.24, 2.45) is 0 Å². The number of nitrogens with zero attached hydrogens (tertiary/aromatic N) is 3. The molecule has 3 heterocycles. The SMILES string of the molecule is CCOc1ccc(Cc2nc(C)nc3[nH]c4cc(-c5c(C)noc5C)c(OC)cc4c23)c2ccccc12. The predicted octanol–water partition coefficient (Wildman–Crippen LogP) is 6.84. The van der Waals surface area contributed by atoms with E-state index in [1.54, 1.807) is 7.11 Å². The van der Waals surface area contributed by atoms with E-state index in [1.165, 1.54) is 5.56 Å². The summed E-state index contributed by atoms with van der Waals surface area (Å²) < 4.78 is 17.2. The molecule has 1 N–H and O–H groups in total. The Morgan fingerprint density at radius 3 is 2.46 bits per heavy atom. The van der Waals surface area contributed by atoms with Gasteiger partial charge in [-0.1, -0.05) is 35.5 Å². The van der Waals surface area contributed by atoms with Crippen LogP contribution in [0.2, 0.25) is 0 Å². The second-order valence-electron chi connectivity index (χ2n) is 9.24. The molecule has 0 fully saturated rings. The number of hydrogen-bond acceptors (Lipinski definition) is 6. The van der Waals surface area contributed by atoms with Crippen molar-refractivity contribution in [1.82, 2.24) is 20.1 Å². The molecule has 0 atom stereocenters. The van der Waals surface area contributed by atoms with E-state index in [9.17, 15) is 0 Å².